The minimum Gasteiger partial charge on any atom is -0.394 e. The second kappa shape index (κ2) is 4.15. The lowest BCUT2D eigenvalue weighted by molar-refractivity contribution is -0.224. The van der Waals surface area contributed by atoms with Crippen LogP contribution in [0.5, 0.6) is 0 Å². The van der Waals surface area contributed by atoms with Crippen molar-refractivity contribution in [1.82, 2.24) is 0 Å². The van der Waals surface area contributed by atoms with Crippen molar-refractivity contribution >= 4 is 0 Å². The van der Waals surface area contributed by atoms with Gasteiger partial charge in [0.2, 0.25) is 0 Å². The van der Waals surface area contributed by atoms with Gasteiger partial charge in [-0.1, -0.05) is 0 Å². The van der Waals surface area contributed by atoms with Gasteiger partial charge in [0, 0.05) is 19.6 Å². The van der Waals surface area contributed by atoms with E-state index < -0.39 is 18.5 Å². The summed E-state index contributed by atoms with van der Waals surface area (Å²) in [6.45, 7) is -0.241. The number of rotatable bonds is 2. The van der Waals surface area contributed by atoms with Crippen LogP contribution in [0.1, 0.15) is 6.42 Å². The number of hydrogen-bond acceptors (Lipinski definition) is 5. The maximum Gasteiger partial charge on any atom is 0.159 e. The van der Waals surface area contributed by atoms with Crippen LogP contribution in [0.4, 0.5) is 0 Å². The predicted octanol–water partition coefficient (Wildman–Crippen LogP) is -1.57. The minimum absolute atomic E-state index is 0.241. The van der Waals surface area contributed by atoms with Gasteiger partial charge in [0.1, 0.15) is 6.10 Å². The van der Waals surface area contributed by atoms with Gasteiger partial charge in [-0.2, -0.15) is 0 Å². The van der Waals surface area contributed by atoms with Gasteiger partial charge >= 0.3 is 0 Å². The van der Waals surface area contributed by atoms with Crippen LogP contribution in [-0.4, -0.2) is 48.5 Å². The lowest BCUT2D eigenvalue weighted by atomic mass is 10.0. The Kier molecular flexibility index (Phi) is 3.42. The molecule has 5 nitrogen and oxygen atoms in total. The summed E-state index contributed by atoms with van der Waals surface area (Å²) in [5.41, 5.74) is 5.59. The van der Waals surface area contributed by atoms with E-state index in [1.807, 2.05) is 0 Å². The lowest BCUT2D eigenvalue weighted by Crippen LogP contribution is -2.53. The molecule has 1 aliphatic rings. The second-order valence-corrected chi connectivity index (χ2v) is 2.91. The Labute approximate surface area is 71.1 Å². The fourth-order valence-corrected chi connectivity index (χ4v) is 1.27. The first kappa shape index (κ1) is 9.88. The van der Waals surface area contributed by atoms with E-state index in [-0.39, 0.29) is 12.6 Å². The summed E-state index contributed by atoms with van der Waals surface area (Å²) in [6.07, 6.45) is -1.39. The Morgan fingerprint density at radius 1 is 1.67 bits per heavy atom. The molecule has 12 heavy (non-hydrogen) atoms. The quantitative estimate of drug-likeness (QED) is 0.474. The summed E-state index contributed by atoms with van der Waals surface area (Å²) in [4.78, 5) is 0. The number of aliphatic hydroxyl groups is 2. The van der Waals surface area contributed by atoms with Gasteiger partial charge < -0.3 is 25.4 Å². The van der Waals surface area contributed by atoms with Crippen LogP contribution in [0.3, 0.4) is 0 Å². The molecular formula is C7H15NO4. The molecule has 0 aromatic rings. The van der Waals surface area contributed by atoms with Crippen LogP contribution in [0.25, 0.3) is 0 Å². The van der Waals surface area contributed by atoms with E-state index in [0.29, 0.717) is 6.42 Å². The van der Waals surface area contributed by atoms with Crippen LogP contribution in [-0.2, 0) is 9.47 Å². The highest BCUT2D eigenvalue weighted by molar-refractivity contribution is 4.84. The fourth-order valence-electron chi connectivity index (χ4n) is 1.27. The van der Waals surface area contributed by atoms with Gasteiger partial charge in [-0.15, -0.1) is 0 Å². The zero-order chi connectivity index (χ0) is 9.14. The van der Waals surface area contributed by atoms with Crippen molar-refractivity contribution in [3.63, 3.8) is 0 Å². The van der Waals surface area contributed by atoms with Crippen LogP contribution in [0.15, 0.2) is 0 Å². The Bertz CT molecular complexity index is 143. The fraction of sp³-hybridized carbons (Fsp3) is 1.00. The monoisotopic (exact) mass is 177 g/mol. The van der Waals surface area contributed by atoms with E-state index in [9.17, 15) is 5.11 Å². The summed E-state index contributed by atoms with van der Waals surface area (Å²) >= 11 is 0. The van der Waals surface area contributed by atoms with E-state index in [1.165, 1.54) is 7.11 Å². The molecule has 1 saturated heterocycles. The normalized spacial score (nSPS) is 43.0. The number of aliphatic hydroxyl groups excluding tert-OH is 2. The van der Waals surface area contributed by atoms with Gasteiger partial charge in [0.05, 0.1) is 12.7 Å². The van der Waals surface area contributed by atoms with Gasteiger partial charge in [-0.25, -0.2) is 0 Å². The molecule has 5 heteroatoms. The maximum atomic E-state index is 9.39. The van der Waals surface area contributed by atoms with Gasteiger partial charge in [0.15, 0.2) is 6.29 Å². The molecule has 0 unspecified atom stereocenters. The molecule has 1 aliphatic heterocycles. The molecule has 4 atom stereocenters. The predicted molar refractivity (Wildman–Crippen MR) is 41.4 cm³/mol. The molecule has 0 aromatic heterocycles. The van der Waals surface area contributed by atoms with Gasteiger partial charge in [0.25, 0.3) is 0 Å². The molecule has 0 amide bonds. The van der Waals surface area contributed by atoms with E-state index in [2.05, 4.69) is 0 Å². The van der Waals surface area contributed by atoms with Crippen molar-refractivity contribution in [2.45, 2.75) is 31.0 Å². The highest BCUT2D eigenvalue weighted by atomic mass is 16.7. The summed E-state index contributed by atoms with van der Waals surface area (Å²) < 4.78 is 10.1. The topological polar surface area (TPSA) is 84.9 Å². The van der Waals surface area contributed by atoms with E-state index in [0.717, 1.165) is 0 Å². The highest BCUT2D eigenvalue weighted by Gasteiger charge is 2.35. The van der Waals surface area contributed by atoms with Gasteiger partial charge in [-0.3, -0.25) is 0 Å². The molecule has 72 valence electrons. The third-order valence-corrected chi connectivity index (χ3v) is 2.05. The molecule has 0 spiro atoms. The highest BCUT2D eigenvalue weighted by Crippen LogP contribution is 2.18. The molecule has 1 rings (SSSR count). The average molecular weight is 177 g/mol. The van der Waals surface area contributed by atoms with E-state index in [4.69, 9.17) is 20.3 Å². The molecule has 4 N–H and O–H groups in total. The summed E-state index contributed by atoms with van der Waals surface area (Å²) in [5, 5.41) is 18.2. The smallest absolute Gasteiger partial charge is 0.159 e. The molecule has 0 bridgehead atoms. The molecule has 0 aliphatic carbocycles. The Morgan fingerprint density at radius 2 is 2.33 bits per heavy atom. The van der Waals surface area contributed by atoms with Crippen LogP contribution >= 0.6 is 0 Å². The number of ether oxygens (including phenoxy) is 2. The van der Waals surface area contributed by atoms with Crippen molar-refractivity contribution in [3.8, 4) is 0 Å². The molecular weight excluding hydrogens is 162 g/mol. The van der Waals surface area contributed by atoms with E-state index >= 15 is 0 Å². The molecule has 1 fully saturated rings. The van der Waals surface area contributed by atoms with Crippen molar-refractivity contribution < 1.29 is 19.7 Å². The zero-order valence-corrected chi connectivity index (χ0v) is 7.01. The maximum absolute atomic E-state index is 9.39. The van der Waals surface area contributed by atoms with Crippen LogP contribution in [0, 0.1) is 0 Å². The van der Waals surface area contributed by atoms with E-state index in [1.54, 1.807) is 0 Å². The second-order valence-electron chi connectivity index (χ2n) is 2.91. The first-order chi connectivity index (χ1) is 5.69. The van der Waals surface area contributed by atoms with Crippen molar-refractivity contribution in [2.75, 3.05) is 13.7 Å². The summed E-state index contributed by atoms with van der Waals surface area (Å²) in [7, 11) is 1.50. The minimum atomic E-state index is -0.804. The molecule has 0 radical (unpaired) electrons. The summed E-state index contributed by atoms with van der Waals surface area (Å²) in [5.74, 6) is 0. The average Bonchev–Trinajstić information content (AvgIpc) is 2.09. The standard InChI is InChI=1S/C7H15NO4/c1-11-6-2-4(8)7(10)5(3-9)12-6/h4-7,9-10H,2-3,8H2,1H3/t4-,5+,6-,7-/m0/s1. The first-order valence-corrected chi connectivity index (χ1v) is 3.91. The van der Waals surface area contributed by atoms with Gasteiger partial charge in [-0.05, 0) is 0 Å². The number of methoxy groups -OCH3 is 1. The Morgan fingerprint density at radius 3 is 2.83 bits per heavy atom. The van der Waals surface area contributed by atoms with Crippen LogP contribution < -0.4 is 5.73 Å². The largest absolute Gasteiger partial charge is 0.394 e. The first-order valence-electron chi connectivity index (χ1n) is 3.91. The van der Waals surface area contributed by atoms with Crippen molar-refractivity contribution in [3.05, 3.63) is 0 Å². The van der Waals surface area contributed by atoms with Crippen molar-refractivity contribution in [2.24, 2.45) is 5.73 Å². The zero-order valence-electron chi connectivity index (χ0n) is 7.01. The molecule has 1 heterocycles. The molecule has 0 aromatic carbocycles. The number of nitrogens with two attached hydrogens (primary N) is 1. The third kappa shape index (κ3) is 1.94. The SMILES string of the molecule is CO[C@@H]1C[C@H](N)[C@H](O)[C@@H](CO)O1. The third-order valence-electron chi connectivity index (χ3n) is 2.05. The lowest BCUT2D eigenvalue weighted by Gasteiger charge is -2.36. The van der Waals surface area contributed by atoms with Crippen LogP contribution in [0.2, 0.25) is 0 Å². The molecule has 0 saturated carbocycles. The summed E-state index contributed by atoms with van der Waals surface area (Å²) in [6, 6.07) is -0.388. The number of hydrogen-bond donors (Lipinski definition) is 3. The van der Waals surface area contributed by atoms with Crippen molar-refractivity contribution in [1.29, 1.82) is 0 Å². The Hall–Kier alpha value is -0.200. The Balaban J connectivity index is 2.52.